The maximum Gasteiger partial charge on any atom is 0.170 e. The summed E-state index contributed by atoms with van der Waals surface area (Å²) in [7, 11) is 0. The highest BCUT2D eigenvalue weighted by Gasteiger charge is 2.11. The van der Waals surface area contributed by atoms with E-state index in [4.69, 9.17) is 15.3 Å². The molecule has 2 aromatic carbocycles. The van der Waals surface area contributed by atoms with Gasteiger partial charge in [0.1, 0.15) is 6.61 Å². The van der Waals surface area contributed by atoms with Gasteiger partial charge in [-0.2, -0.15) is 0 Å². The summed E-state index contributed by atoms with van der Waals surface area (Å²) in [5.74, 6) is 0.390. The Bertz CT molecular complexity index is 713. The molecule has 0 saturated carbocycles. The van der Waals surface area contributed by atoms with E-state index < -0.39 is 0 Å². The molecule has 25 heavy (non-hydrogen) atoms. The number of halogens is 1. The van der Waals surface area contributed by atoms with Crippen molar-refractivity contribution in [1.82, 2.24) is 4.90 Å². The molecule has 3 rings (SSSR count). The van der Waals surface area contributed by atoms with Crippen molar-refractivity contribution in [3.63, 3.8) is 0 Å². The predicted octanol–water partition coefficient (Wildman–Crippen LogP) is 3.12. The Morgan fingerprint density at radius 3 is 2.64 bits per heavy atom. The van der Waals surface area contributed by atoms with Crippen molar-refractivity contribution in [1.29, 1.82) is 0 Å². The maximum atomic E-state index is 6.07. The van der Waals surface area contributed by atoms with Gasteiger partial charge in [0.15, 0.2) is 5.84 Å². The SMILES string of the molecule is N/C(=N\OCc1ccc(Br)cc1)c1cccc(CN2CCOCC2)c1. The third kappa shape index (κ3) is 5.56. The molecule has 1 saturated heterocycles. The van der Waals surface area contributed by atoms with Gasteiger partial charge in [0.05, 0.1) is 13.2 Å². The highest BCUT2D eigenvalue weighted by Crippen LogP contribution is 2.12. The first-order valence-corrected chi connectivity index (χ1v) is 9.09. The topological polar surface area (TPSA) is 60.1 Å². The van der Waals surface area contributed by atoms with Gasteiger partial charge in [0.2, 0.25) is 0 Å². The van der Waals surface area contributed by atoms with Gasteiger partial charge in [-0.1, -0.05) is 51.4 Å². The molecule has 0 radical (unpaired) electrons. The number of hydrogen-bond donors (Lipinski definition) is 1. The second-order valence-corrected chi connectivity index (χ2v) is 6.88. The molecular weight excluding hydrogens is 382 g/mol. The molecule has 0 atom stereocenters. The van der Waals surface area contributed by atoms with Gasteiger partial charge in [-0.25, -0.2) is 0 Å². The summed E-state index contributed by atoms with van der Waals surface area (Å²) in [6.07, 6.45) is 0. The predicted molar refractivity (Wildman–Crippen MR) is 102 cm³/mol. The zero-order valence-electron chi connectivity index (χ0n) is 14.0. The lowest BCUT2D eigenvalue weighted by Crippen LogP contribution is -2.35. The molecule has 2 N–H and O–H groups in total. The zero-order valence-corrected chi connectivity index (χ0v) is 15.6. The molecule has 0 aliphatic carbocycles. The second kappa shape index (κ2) is 8.99. The molecule has 1 aliphatic heterocycles. The summed E-state index contributed by atoms with van der Waals surface area (Å²) in [6, 6.07) is 16.0. The Kier molecular flexibility index (Phi) is 6.44. The standard InChI is InChI=1S/C19H22BrN3O2/c20-18-6-4-15(5-7-18)14-25-22-19(21)17-3-1-2-16(12-17)13-23-8-10-24-11-9-23/h1-7,12H,8-11,13-14H2,(H2,21,22). The summed E-state index contributed by atoms with van der Waals surface area (Å²) < 4.78 is 6.42. The van der Waals surface area contributed by atoms with E-state index in [1.165, 1.54) is 5.56 Å². The first-order chi connectivity index (χ1) is 12.2. The van der Waals surface area contributed by atoms with Crippen LogP contribution in [0.5, 0.6) is 0 Å². The molecule has 2 aromatic rings. The first kappa shape index (κ1) is 17.9. The second-order valence-electron chi connectivity index (χ2n) is 5.97. The van der Waals surface area contributed by atoms with Crippen LogP contribution in [-0.2, 0) is 22.7 Å². The fourth-order valence-corrected chi connectivity index (χ4v) is 2.92. The van der Waals surface area contributed by atoms with Crippen molar-refractivity contribution in [3.05, 3.63) is 69.7 Å². The number of morpholine rings is 1. The van der Waals surface area contributed by atoms with Crippen LogP contribution in [0.15, 0.2) is 58.2 Å². The van der Waals surface area contributed by atoms with Crippen molar-refractivity contribution < 1.29 is 9.57 Å². The van der Waals surface area contributed by atoms with Crippen LogP contribution < -0.4 is 5.73 Å². The van der Waals surface area contributed by atoms with Crippen LogP contribution in [0.4, 0.5) is 0 Å². The van der Waals surface area contributed by atoms with Crippen molar-refractivity contribution >= 4 is 21.8 Å². The molecule has 0 spiro atoms. The Morgan fingerprint density at radius 1 is 1.12 bits per heavy atom. The average molecular weight is 404 g/mol. The third-order valence-corrected chi connectivity index (χ3v) is 4.57. The van der Waals surface area contributed by atoms with Crippen LogP contribution in [0.3, 0.4) is 0 Å². The number of benzene rings is 2. The highest BCUT2D eigenvalue weighted by molar-refractivity contribution is 9.10. The van der Waals surface area contributed by atoms with E-state index in [2.05, 4.69) is 38.1 Å². The molecule has 132 valence electrons. The van der Waals surface area contributed by atoms with E-state index >= 15 is 0 Å². The van der Waals surface area contributed by atoms with Crippen molar-refractivity contribution in [2.75, 3.05) is 26.3 Å². The minimum atomic E-state index is 0.390. The number of nitrogens with two attached hydrogens (primary N) is 1. The van der Waals surface area contributed by atoms with Gasteiger partial charge < -0.3 is 15.3 Å². The minimum absolute atomic E-state index is 0.390. The maximum absolute atomic E-state index is 6.07. The molecule has 0 amide bonds. The van der Waals surface area contributed by atoms with E-state index in [-0.39, 0.29) is 0 Å². The lowest BCUT2D eigenvalue weighted by atomic mass is 10.1. The van der Waals surface area contributed by atoms with Crippen molar-refractivity contribution in [2.45, 2.75) is 13.2 Å². The number of ether oxygens (including phenoxy) is 1. The summed E-state index contributed by atoms with van der Waals surface area (Å²) >= 11 is 3.41. The smallest absolute Gasteiger partial charge is 0.170 e. The Morgan fingerprint density at radius 2 is 1.88 bits per heavy atom. The molecule has 1 heterocycles. The van der Waals surface area contributed by atoms with Crippen molar-refractivity contribution in [3.8, 4) is 0 Å². The molecule has 0 bridgehead atoms. The van der Waals surface area contributed by atoms with Gasteiger partial charge in [-0.05, 0) is 29.3 Å². The number of hydrogen-bond acceptors (Lipinski definition) is 4. The van der Waals surface area contributed by atoms with Crippen LogP contribution in [0.25, 0.3) is 0 Å². The lowest BCUT2D eigenvalue weighted by molar-refractivity contribution is 0.0342. The Labute approximate surface area is 156 Å². The summed E-state index contributed by atoms with van der Waals surface area (Å²) in [5.41, 5.74) is 9.20. The van der Waals surface area contributed by atoms with Gasteiger partial charge in [-0.3, -0.25) is 4.90 Å². The number of amidine groups is 1. The average Bonchev–Trinajstić information content (AvgIpc) is 2.64. The van der Waals surface area contributed by atoms with Crippen LogP contribution >= 0.6 is 15.9 Å². The molecular formula is C19H22BrN3O2. The van der Waals surface area contributed by atoms with E-state index in [0.717, 1.165) is 48.4 Å². The first-order valence-electron chi connectivity index (χ1n) is 8.30. The fraction of sp³-hybridized carbons (Fsp3) is 0.316. The van der Waals surface area contributed by atoms with Gasteiger partial charge in [-0.15, -0.1) is 0 Å². The van der Waals surface area contributed by atoms with Crippen LogP contribution in [0, 0.1) is 0 Å². The van der Waals surface area contributed by atoms with E-state index in [1.54, 1.807) is 0 Å². The fourth-order valence-electron chi connectivity index (χ4n) is 2.66. The lowest BCUT2D eigenvalue weighted by Gasteiger charge is -2.26. The van der Waals surface area contributed by atoms with Crippen molar-refractivity contribution in [2.24, 2.45) is 10.9 Å². The van der Waals surface area contributed by atoms with Crippen LogP contribution in [0.2, 0.25) is 0 Å². The molecule has 0 unspecified atom stereocenters. The van der Waals surface area contributed by atoms with Crippen LogP contribution in [0.1, 0.15) is 16.7 Å². The van der Waals surface area contributed by atoms with Gasteiger partial charge in [0, 0.05) is 29.7 Å². The normalized spacial score (nSPS) is 16.0. The van der Waals surface area contributed by atoms with Gasteiger partial charge in [0.25, 0.3) is 0 Å². The van der Waals surface area contributed by atoms with E-state index in [9.17, 15) is 0 Å². The number of rotatable bonds is 6. The minimum Gasteiger partial charge on any atom is -0.389 e. The molecule has 5 nitrogen and oxygen atoms in total. The molecule has 1 aliphatic rings. The molecule has 0 aromatic heterocycles. The summed E-state index contributed by atoms with van der Waals surface area (Å²) in [4.78, 5) is 7.76. The Hall–Kier alpha value is -1.89. The number of nitrogens with zero attached hydrogens (tertiary/aromatic N) is 2. The highest BCUT2D eigenvalue weighted by atomic mass is 79.9. The number of oxime groups is 1. The van der Waals surface area contributed by atoms with Gasteiger partial charge >= 0.3 is 0 Å². The summed E-state index contributed by atoms with van der Waals surface area (Å²) in [6.45, 7) is 4.81. The monoisotopic (exact) mass is 403 g/mol. The third-order valence-electron chi connectivity index (χ3n) is 4.04. The Balaban J connectivity index is 1.58. The quantitative estimate of drug-likeness (QED) is 0.457. The summed E-state index contributed by atoms with van der Waals surface area (Å²) in [5, 5.41) is 4.05. The van der Waals surface area contributed by atoms with E-state index in [0.29, 0.717) is 12.4 Å². The zero-order chi connectivity index (χ0) is 17.5. The molecule has 6 heteroatoms. The van der Waals surface area contributed by atoms with Crippen LogP contribution in [-0.4, -0.2) is 37.0 Å². The largest absolute Gasteiger partial charge is 0.389 e. The molecule has 1 fully saturated rings. The van der Waals surface area contributed by atoms with E-state index in [1.807, 2.05) is 36.4 Å².